The zero-order valence-electron chi connectivity index (χ0n) is 7.83. The first-order valence-electron chi connectivity index (χ1n) is 3.82. The number of aryl methyl sites for hydroxylation is 1. The molecular weight excluding hydrogens is 170 g/mol. The number of carbonyl (C=O) groups is 1. The zero-order chi connectivity index (χ0) is 9.84. The molecule has 0 N–H and O–H groups in total. The highest BCUT2D eigenvalue weighted by Crippen LogP contribution is 2.19. The van der Waals surface area contributed by atoms with Crippen LogP contribution in [0.4, 0.5) is 0 Å². The lowest BCUT2D eigenvalue weighted by atomic mass is 10.3. The van der Waals surface area contributed by atoms with Gasteiger partial charge in [-0.15, -0.1) is 0 Å². The van der Waals surface area contributed by atoms with Crippen LogP contribution in [0.2, 0.25) is 0 Å². The van der Waals surface area contributed by atoms with E-state index in [2.05, 4.69) is 4.98 Å². The Hall–Kier alpha value is -1.58. The summed E-state index contributed by atoms with van der Waals surface area (Å²) in [5.41, 5.74) is 0.773. The van der Waals surface area contributed by atoms with E-state index in [9.17, 15) is 4.79 Å². The van der Waals surface area contributed by atoms with Crippen molar-refractivity contribution in [3.8, 4) is 11.6 Å². The smallest absolute Gasteiger partial charge is 0.309 e. The van der Waals surface area contributed by atoms with Crippen LogP contribution in [0.15, 0.2) is 12.3 Å². The van der Waals surface area contributed by atoms with Gasteiger partial charge in [-0.25, -0.2) is 4.98 Å². The minimum Gasteiger partial charge on any atom is -0.495 e. The predicted octanol–water partition coefficient (Wildman–Crippen LogP) is 1.32. The Bertz CT molecular complexity index is 323. The van der Waals surface area contributed by atoms with Gasteiger partial charge in [0.1, 0.15) is 5.75 Å². The van der Waals surface area contributed by atoms with Crippen molar-refractivity contribution in [3.63, 3.8) is 0 Å². The zero-order valence-corrected chi connectivity index (χ0v) is 7.83. The molecule has 1 aromatic rings. The van der Waals surface area contributed by atoms with E-state index < -0.39 is 0 Å². The van der Waals surface area contributed by atoms with Crippen molar-refractivity contribution in [2.45, 2.75) is 13.8 Å². The van der Waals surface area contributed by atoms with Gasteiger partial charge in [-0.3, -0.25) is 4.79 Å². The van der Waals surface area contributed by atoms with E-state index in [1.807, 2.05) is 0 Å². The number of methoxy groups -OCH3 is 1. The van der Waals surface area contributed by atoms with E-state index in [0.717, 1.165) is 5.56 Å². The quantitative estimate of drug-likeness (QED) is 0.646. The highest BCUT2D eigenvalue weighted by molar-refractivity contribution is 5.69. The van der Waals surface area contributed by atoms with Gasteiger partial charge in [-0.2, -0.15) is 0 Å². The average molecular weight is 181 g/mol. The molecule has 13 heavy (non-hydrogen) atoms. The van der Waals surface area contributed by atoms with Gasteiger partial charge in [0.25, 0.3) is 0 Å². The molecule has 4 heteroatoms. The molecule has 0 aromatic carbocycles. The molecule has 4 nitrogen and oxygen atoms in total. The lowest BCUT2D eigenvalue weighted by molar-refractivity contribution is -0.132. The molecular formula is C9H11NO3. The van der Waals surface area contributed by atoms with Gasteiger partial charge in [0.15, 0.2) is 0 Å². The monoisotopic (exact) mass is 181 g/mol. The van der Waals surface area contributed by atoms with Gasteiger partial charge < -0.3 is 9.47 Å². The largest absolute Gasteiger partial charge is 0.495 e. The van der Waals surface area contributed by atoms with Crippen LogP contribution in [0.1, 0.15) is 12.5 Å². The van der Waals surface area contributed by atoms with Crippen LogP contribution in [-0.2, 0) is 4.79 Å². The van der Waals surface area contributed by atoms with Gasteiger partial charge in [-0.05, 0) is 13.0 Å². The van der Waals surface area contributed by atoms with Crippen LogP contribution in [0.25, 0.3) is 0 Å². The van der Waals surface area contributed by atoms with Crippen molar-refractivity contribution in [1.82, 2.24) is 4.98 Å². The minimum absolute atomic E-state index is 0.327. The molecule has 0 unspecified atom stereocenters. The summed E-state index contributed by atoms with van der Waals surface area (Å²) >= 11 is 0. The van der Waals surface area contributed by atoms with Gasteiger partial charge in [0.05, 0.1) is 13.3 Å². The fraction of sp³-hybridized carbons (Fsp3) is 0.333. The second-order valence-electron chi connectivity index (χ2n) is 2.59. The van der Waals surface area contributed by atoms with Crippen molar-refractivity contribution in [1.29, 1.82) is 0 Å². The lowest BCUT2D eigenvalue weighted by Gasteiger charge is -2.05. The van der Waals surface area contributed by atoms with Gasteiger partial charge in [0.2, 0.25) is 5.88 Å². The second kappa shape index (κ2) is 3.89. The molecule has 0 aliphatic carbocycles. The molecule has 0 bridgehead atoms. The van der Waals surface area contributed by atoms with Crippen molar-refractivity contribution in [2.24, 2.45) is 0 Å². The summed E-state index contributed by atoms with van der Waals surface area (Å²) in [7, 11) is 1.56. The number of hydrogen-bond acceptors (Lipinski definition) is 4. The predicted molar refractivity (Wildman–Crippen MR) is 46.8 cm³/mol. The van der Waals surface area contributed by atoms with Crippen LogP contribution >= 0.6 is 0 Å². The summed E-state index contributed by atoms with van der Waals surface area (Å²) in [6.45, 7) is 3.14. The summed E-state index contributed by atoms with van der Waals surface area (Å²) < 4.78 is 9.79. The Morgan fingerprint density at radius 2 is 2.23 bits per heavy atom. The van der Waals surface area contributed by atoms with Crippen LogP contribution in [-0.4, -0.2) is 18.1 Å². The number of nitrogens with zero attached hydrogens (tertiary/aromatic N) is 1. The molecule has 0 spiro atoms. The van der Waals surface area contributed by atoms with E-state index in [1.165, 1.54) is 13.1 Å². The first-order chi connectivity index (χ1) is 6.13. The second-order valence-corrected chi connectivity index (χ2v) is 2.59. The fourth-order valence-corrected chi connectivity index (χ4v) is 0.891. The molecule has 70 valence electrons. The first-order valence-corrected chi connectivity index (χ1v) is 3.82. The van der Waals surface area contributed by atoms with E-state index in [4.69, 9.17) is 9.47 Å². The molecule has 0 amide bonds. The van der Waals surface area contributed by atoms with E-state index in [-0.39, 0.29) is 5.97 Å². The third-order valence-electron chi connectivity index (χ3n) is 1.48. The topological polar surface area (TPSA) is 48.4 Å². The molecule has 0 aliphatic heterocycles. The van der Waals surface area contributed by atoms with Gasteiger partial charge in [0, 0.05) is 12.5 Å². The Labute approximate surface area is 76.5 Å². The standard InChI is InChI=1S/C9H11NO3/c1-6-4-8(12-3)5-10-9(6)13-7(2)11/h4-5H,1-3H3. The summed E-state index contributed by atoms with van der Waals surface area (Å²) in [5, 5.41) is 0. The van der Waals surface area contributed by atoms with Gasteiger partial charge >= 0.3 is 5.97 Å². The molecule has 1 heterocycles. The number of esters is 1. The summed E-state index contributed by atoms with van der Waals surface area (Å²) in [4.78, 5) is 14.5. The highest BCUT2D eigenvalue weighted by Gasteiger charge is 2.04. The SMILES string of the molecule is COc1cnc(OC(C)=O)c(C)c1. The third kappa shape index (κ3) is 2.43. The molecule has 0 saturated carbocycles. The summed E-state index contributed by atoms with van der Waals surface area (Å²) in [5.74, 6) is 0.600. The van der Waals surface area contributed by atoms with E-state index in [0.29, 0.717) is 11.6 Å². The molecule has 0 saturated heterocycles. The van der Waals surface area contributed by atoms with E-state index >= 15 is 0 Å². The fourth-order valence-electron chi connectivity index (χ4n) is 0.891. The average Bonchev–Trinajstić information content (AvgIpc) is 2.08. The third-order valence-corrected chi connectivity index (χ3v) is 1.48. The minimum atomic E-state index is -0.374. The maximum atomic E-state index is 10.6. The maximum absolute atomic E-state index is 10.6. The molecule has 0 fully saturated rings. The van der Waals surface area contributed by atoms with E-state index in [1.54, 1.807) is 20.1 Å². The molecule has 0 atom stereocenters. The Kier molecular flexibility index (Phi) is 2.84. The van der Waals surface area contributed by atoms with Crippen molar-refractivity contribution in [2.75, 3.05) is 7.11 Å². The van der Waals surface area contributed by atoms with Crippen molar-refractivity contribution < 1.29 is 14.3 Å². The van der Waals surface area contributed by atoms with Crippen LogP contribution in [0.5, 0.6) is 11.6 Å². The maximum Gasteiger partial charge on any atom is 0.309 e. The summed E-state index contributed by atoms with van der Waals surface area (Å²) in [6.07, 6.45) is 1.51. The first kappa shape index (κ1) is 9.51. The van der Waals surface area contributed by atoms with Crippen molar-refractivity contribution >= 4 is 5.97 Å². The van der Waals surface area contributed by atoms with Crippen LogP contribution < -0.4 is 9.47 Å². The lowest BCUT2D eigenvalue weighted by Crippen LogP contribution is -2.04. The molecule has 0 radical (unpaired) electrons. The Morgan fingerprint density at radius 3 is 2.69 bits per heavy atom. The van der Waals surface area contributed by atoms with Crippen LogP contribution in [0, 0.1) is 6.92 Å². The van der Waals surface area contributed by atoms with Crippen LogP contribution in [0.3, 0.4) is 0 Å². The number of carbonyl (C=O) groups excluding carboxylic acids is 1. The normalized spacial score (nSPS) is 9.46. The highest BCUT2D eigenvalue weighted by atomic mass is 16.5. The number of ether oxygens (including phenoxy) is 2. The number of hydrogen-bond donors (Lipinski definition) is 0. The number of pyridine rings is 1. The number of rotatable bonds is 2. The van der Waals surface area contributed by atoms with Crippen molar-refractivity contribution in [3.05, 3.63) is 17.8 Å². The number of aromatic nitrogens is 1. The Balaban J connectivity index is 2.91. The Morgan fingerprint density at radius 1 is 1.54 bits per heavy atom. The summed E-state index contributed by atoms with van der Waals surface area (Å²) in [6, 6.07) is 1.76. The van der Waals surface area contributed by atoms with Gasteiger partial charge in [-0.1, -0.05) is 0 Å². The molecule has 1 rings (SSSR count). The molecule has 1 aromatic heterocycles. The molecule has 0 aliphatic rings.